The van der Waals surface area contributed by atoms with Crippen LogP contribution in [0.2, 0.25) is 0 Å². The van der Waals surface area contributed by atoms with Crippen molar-refractivity contribution in [1.29, 1.82) is 0 Å². The van der Waals surface area contributed by atoms with Gasteiger partial charge in [0.1, 0.15) is 0 Å². The molecule has 0 saturated heterocycles. The van der Waals surface area contributed by atoms with Crippen LogP contribution in [0.3, 0.4) is 0 Å². The summed E-state index contributed by atoms with van der Waals surface area (Å²) < 4.78 is 9.28. The molecule has 0 amide bonds. The SMILES string of the molecule is COC(OC)[SiH2]O. The molecule has 0 radical (unpaired) electrons. The van der Waals surface area contributed by atoms with E-state index in [1.165, 1.54) is 14.2 Å². The largest absolute Gasteiger partial charge is 0.432 e. The van der Waals surface area contributed by atoms with E-state index in [1.54, 1.807) is 0 Å². The van der Waals surface area contributed by atoms with Crippen LogP contribution in [0.25, 0.3) is 0 Å². The molecule has 0 saturated carbocycles. The highest BCUT2D eigenvalue weighted by molar-refractivity contribution is 6.26. The molecule has 0 aliphatic carbocycles. The van der Waals surface area contributed by atoms with Gasteiger partial charge in [-0.3, -0.25) is 0 Å². The molecule has 0 aliphatic rings. The molecule has 0 aliphatic heterocycles. The third-order valence-electron chi connectivity index (χ3n) is 0.675. The lowest BCUT2D eigenvalue weighted by Crippen LogP contribution is -2.20. The monoisotopic (exact) mass is 122 g/mol. The van der Waals surface area contributed by atoms with Gasteiger partial charge in [-0.2, -0.15) is 0 Å². The standard InChI is InChI=1S/C3H10O3Si/c1-5-3(6-2)7-4/h3-4H,7H2,1-2H3. The lowest BCUT2D eigenvalue weighted by Gasteiger charge is -2.06. The summed E-state index contributed by atoms with van der Waals surface area (Å²) in [5, 5.41) is 0. The number of rotatable bonds is 3. The van der Waals surface area contributed by atoms with E-state index in [2.05, 4.69) is 9.47 Å². The fraction of sp³-hybridized carbons (Fsp3) is 1.00. The molecule has 0 bridgehead atoms. The molecule has 4 heteroatoms. The summed E-state index contributed by atoms with van der Waals surface area (Å²) in [6, 6.07) is 0. The smallest absolute Gasteiger partial charge is 0.218 e. The summed E-state index contributed by atoms with van der Waals surface area (Å²) in [5.74, 6) is -0.319. The Labute approximate surface area is 45.2 Å². The maximum Gasteiger partial charge on any atom is 0.218 e. The Hall–Kier alpha value is 0.0969. The Bertz CT molecular complexity index is 31.7. The van der Waals surface area contributed by atoms with Crippen molar-refractivity contribution in [1.82, 2.24) is 0 Å². The third-order valence-corrected chi connectivity index (χ3v) is 1.64. The fourth-order valence-electron chi connectivity index (χ4n) is 0.245. The molecule has 0 aromatic carbocycles. The second kappa shape index (κ2) is 4.26. The second-order valence-corrected chi connectivity index (χ2v) is 2.12. The van der Waals surface area contributed by atoms with Gasteiger partial charge < -0.3 is 14.3 Å². The minimum Gasteiger partial charge on any atom is -0.432 e. The molecule has 0 rings (SSSR count). The Kier molecular flexibility index (Phi) is 4.32. The van der Waals surface area contributed by atoms with E-state index in [0.29, 0.717) is 0 Å². The molecule has 0 unspecified atom stereocenters. The zero-order valence-corrected chi connectivity index (χ0v) is 5.96. The first kappa shape index (κ1) is 7.10. The van der Waals surface area contributed by atoms with Crippen molar-refractivity contribution in [3.8, 4) is 0 Å². The first-order valence-electron chi connectivity index (χ1n) is 2.01. The Morgan fingerprint density at radius 1 is 1.43 bits per heavy atom. The van der Waals surface area contributed by atoms with Crippen molar-refractivity contribution in [3.63, 3.8) is 0 Å². The summed E-state index contributed by atoms with van der Waals surface area (Å²) in [4.78, 5) is 8.41. The van der Waals surface area contributed by atoms with E-state index in [0.717, 1.165) is 0 Å². The van der Waals surface area contributed by atoms with Gasteiger partial charge >= 0.3 is 0 Å². The predicted octanol–water partition coefficient (Wildman–Crippen LogP) is -1.36. The van der Waals surface area contributed by atoms with Crippen LogP contribution in [-0.4, -0.2) is 34.7 Å². The third kappa shape index (κ3) is 2.75. The van der Waals surface area contributed by atoms with Crippen LogP contribution in [0.5, 0.6) is 0 Å². The van der Waals surface area contributed by atoms with E-state index in [1.807, 2.05) is 0 Å². The molecule has 7 heavy (non-hydrogen) atoms. The van der Waals surface area contributed by atoms with Crippen molar-refractivity contribution < 1.29 is 14.3 Å². The van der Waals surface area contributed by atoms with Gasteiger partial charge in [0.15, 0.2) is 5.91 Å². The van der Waals surface area contributed by atoms with Crippen molar-refractivity contribution in [2.24, 2.45) is 0 Å². The Balaban J connectivity index is 2.99. The molecule has 0 spiro atoms. The zero-order chi connectivity index (χ0) is 5.70. The molecular weight excluding hydrogens is 112 g/mol. The molecule has 3 nitrogen and oxygen atoms in total. The van der Waals surface area contributed by atoms with Crippen molar-refractivity contribution in [2.45, 2.75) is 5.91 Å². The maximum atomic E-state index is 8.41. The summed E-state index contributed by atoms with van der Waals surface area (Å²) in [6.45, 7) is 0. The quantitative estimate of drug-likeness (QED) is 0.371. The van der Waals surface area contributed by atoms with Gasteiger partial charge in [0.2, 0.25) is 9.76 Å². The van der Waals surface area contributed by atoms with Crippen molar-refractivity contribution in [3.05, 3.63) is 0 Å². The highest BCUT2D eigenvalue weighted by Crippen LogP contribution is 1.82. The van der Waals surface area contributed by atoms with Crippen LogP contribution in [0.15, 0.2) is 0 Å². The normalized spacial score (nSPS) is 12.0. The average molecular weight is 122 g/mol. The number of hydrogen-bond acceptors (Lipinski definition) is 3. The lowest BCUT2D eigenvalue weighted by atomic mass is 11.3. The lowest BCUT2D eigenvalue weighted by molar-refractivity contribution is -0.0500. The van der Waals surface area contributed by atoms with E-state index in [4.69, 9.17) is 4.80 Å². The van der Waals surface area contributed by atoms with Gasteiger partial charge in [-0.05, 0) is 0 Å². The molecule has 0 fully saturated rings. The molecule has 1 N–H and O–H groups in total. The van der Waals surface area contributed by atoms with Gasteiger partial charge in [-0.15, -0.1) is 0 Å². The number of ether oxygens (including phenoxy) is 2. The molecular formula is C3H10O3Si. The van der Waals surface area contributed by atoms with Crippen LogP contribution in [0, 0.1) is 0 Å². The fourth-order valence-corrected chi connectivity index (χ4v) is 0.543. The second-order valence-electron chi connectivity index (χ2n) is 1.08. The molecule has 0 aromatic rings. The van der Waals surface area contributed by atoms with Gasteiger partial charge in [-0.1, -0.05) is 0 Å². The highest BCUT2D eigenvalue weighted by atomic mass is 28.2. The predicted molar refractivity (Wildman–Crippen MR) is 28.6 cm³/mol. The van der Waals surface area contributed by atoms with Gasteiger partial charge in [0, 0.05) is 14.2 Å². The molecule has 44 valence electrons. The van der Waals surface area contributed by atoms with Gasteiger partial charge in [0.25, 0.3) is 0 Å². The first-order valence-corrected chi connectivity index (χ1v) is 3.46. The maximum absolute atomic E-state index is 8.41. The van der Waals surface area contributed by atoms with E-state index in [9.17, 15) is 0 Å². The minimum atomic E-state index is -1.12. The van der Waals surface area contributed by atoms with E-state index < -0.39 is 9.76 Å². The summed E-state index contributed by atoms with van der Waals surface area (Å²) >= 11 is 0. The number of methoxy groups -OCH3 is 2. The van der Waals surface area contributed by atoms with Gasteiger partial charge in [0.05, 0.1) is 0 Å². The average Bonchev–Trinajstić information content (AvgIpc) is 1.72. The van der Waals surface area contributed by atoms with Crippen LogP contribution in [0.1, 0.15) is 0 Å². The summed E-state index contributed by atoms with van der Waals surface area (Å²) in [7, 11) is 1.91. The van der Waals surface area contributed by atoms with Crippen LogP contribution in [0.4, 0.5) is 0 Å². The minimum absolute atomic E-state index is 0.319. The van der Waals surface area contributed by atoms with E-state index in [-0.39, 0.29) is 5.91 Å². The summed E-state index contributed by atoms with van der Waals surface area (Å²) in [6.07, 6.45) is 0. The molecule has 0 heterocycles. The first-order chi connectivity index (χ1) is 3.35. The molecule has 0 aromatic heterocycles. The van der Waals surface area contributed by atoms with Crippen LogP contribution < -0.4 is 0 Å². The Morgan fingerprint density at radius 2 is 1.86 bits per heavy atom. The topological polar surface area (TPSA) is 38.7 Å². The zero-order valence-electron chi connectivity index (χ0n) is 4.55. The summed E-state index contributed by atoms with van der Waals surface area (Å²) in [5.41, 5.74) is 0. The van der Waals surface area contributed by atoms with Crippen LogP contribution >= 0.6 is 0 Å². The highest BCUT2D eigenvalue weighted by Gasteiger charge is 1.99. The number of hydrogen-bond donors (Lipinski definition) is 1. The van der Waals surface area contributed by atoms with Crippen molar-refractivity contribution >= 4 is 9.76 Å². The van der Waals surface area contributed by atoms with Gasteiger partial charge in [-0.25, -0.2) is 0 Å². The van der Waals surface area contributed by atoms with Crippen molar-refractivity contribution in [2.75, 3.05) is 14.2 Å². The van der Waals surface area contributed by atoms with Crippen LogP contribution in [-0.2, 0) is 9.47 Å². The Morgan fingerprint density at radius 3 is 1.86 bits per heavy atom. The molecule has 0 atom stereocenters. The van der Waals surface area contributed by atoms with E-state index >= 15 is 0 Å².